The van der Waals surface area contributed by atoms with Gasteiger partial charge in [0.15, 0.2) is 0 Å². The molecule has 0 bridgehead atoms. The van der Waals surface area contributed by atoms with Crippen molar-refractivity contribution in [1.82, 2.24) is 0 Å². The van der Waals surface area contributed by atoms with Crippen molar-refractivity contribution in [3.8, 4) is 0 Å². The summed E-state index contributed by atoms with van der Waals surface area (Å²) >= 11 is 1.54. The summed E-state index contributed by atoms with van der Waals surface area (Å²) in [6.45, 7) is 10.4. The van der Waals surface area contributed by atoms with E-state index in [1.165, 1.54) is 17.3 Å². The second-order valence-corrected chi connectivity index (χ2v) is 6.75. The van der Waals surface area contributed by atoms with Crippen LogP contribution in [0.2, 0.25) is 0 Å². The van der Waals surface area contributed by atoms with Crippen LogP contribution in [0.3, 0.4) is 0 Å². The predicted molar refractivity (Wildman–Crippen MR) is 77.1 cm³/mol. The summed E-state index contributed by atoms with van der Waals surface area (Å²) in [6, 6.07) is 8.38. The number of carbonyl (C=O) groups is 1. The second-order valence-electron chi connectivity index (χ2n) is 5.06. The van der Waals surface area contributed by atoms with Gasteiger partial charge < -0.3 is 4.74 Å². The molecular formula is C15H22O2S. The van der Waals surface area contributed by atoms with Crippen molar-refractivity contribution < 1.29 is 9.53 Å². The molecular weight excluding hydrogens is 244 g/mol. The van der Waals surface area contributed by atoms with Crippen LogP contribution in [0.5, 0.6) is 0 Å². The van der Waals surface area contributed by atoms with Crippen LogP contribution in [0.15, 0.2) is 29.2 Å². The van der Waals surface area contributed by atoms with E-state index in [1.807, 2.05) is 20.8 Å². The highest BCUT2D eigenvalue weighted by Gasteiger charge is 2.30. The molecule has 0 spiro atoms. The Morgan fingerprint density at radius 1 is 1.28 bits per heavy atom. The lowest BCUT2D eigenvalue weighted by atomic mass is 10.0. The van der Waals surface area contributed by atoms with Crippen LogP contribution >= 0.6 is 11.8 Å². The number of benzene rings is 1. The quantitative estimate of drug-likeness (QED) is 0.589. The molecule has 100 valence electrons. The Bertz CT molecular complexity index is 393. The van der Waals surface area contributed by atoms with Gasteiger partial charge in [-0.1, -0.05) is 26.0 Å². The number of hydrogen-bond acceptors (Lipinski definition) is 3. The smallest absolute Gasteiger partial charge is 0.321 e. The minimum absolute atomic E-state index is 0.164. The third-order valence-corrected chi connectivity index (χ3v) is 3.87. The van der Waals surface area contributed by atoms with Gasteiger partial charge in [0, 0.05) is 4.90 Å². The molecule has 2 nitrogen and oxygen atoms in total. The molecule has 0 heterocycles. The van der Waals surface area contributed by atoms with Crippen molar-refractivity contribution >= 4 is 17.7 Å². The zero-order chi connectivity index (χ0) is 13.8. The summed E-state index contributed by atoms with van der Waals surface area (Å²) < 4.78 is 4.53. The molecule has 0 atom stereocenters. The number of esters is 1. The van der Waals surface area contributed by atoms with Crippen molar-refractivity contribution in [3.05, 3.63) is 29.8 Å². The number of thioether (sulfide) groups is 1. The molecule has 0 saturated carbocycles. The highest BCUT2D eigenvalue weighted by atomic mass is 32.2. The first-order valence-corrected chi connectivity index (χ1v) is 7.14. The molecule has 1 rings (SSSR count). The van der Waals surface area contributed by atoms with Gasteiger partial charge in [-0.25, -0.2) is 0 Å². The van der Waals surface area contributed by atoms with Gasteiger partial charge in [0.05, 0.1) is 6.61 Å². The fourth-order valence-corrected chi connectivity index (χ4v) is 2.57. The van der Waals surface area contributed by atoms with Crippen LogP contribution in [0.1, 0.15) is 46.1 Å². The highest BCUT2D eigenvalue weighted by molar-refractivity contribution is 8.01. The maximum Gasteiger partial charge on any atom is 0.321 e. The lowest BCUT2D eigenvalue weighted by molar-refractivity contribution is -0.145. The average Bonchev–Trinajstić information content (AvgIpc) is 2.29. The maximum atomic E-state index is 11.8. The Labute approximate surface area is 114 Å². The number of hydrogen-bond donors (Lipinski definition) is 0. The average molecular weight is 266 g/mol. The predicted octanol–water partition coefficient (Wildman–Crippen LogP) is 4.24. The largest absolute Gasteiger partial charge is 0.465 e. The molecule has 0 fully saturated rings. The van der Waals surface area contributed by atoms with E-state index in [-0.39, 0.29) is 5.97 Å². The summed E-state index contributed by atoms with van der Waals surface area (Å²) in [6.07, 6.45) is 0. The van der Waals surface area contributed by atoms with Crippen LogP contribution in [0.25, 0.3) is 0 Å². The van der Waals surface area contributed by atoms with E-state index in [9.17, 15) is 4.79 Å². The van der Waals surface area contributed by atoms with E-state index in [1.54, 1.807) is 0 Å². The van der Waals surface area contributed by atoms with Gasteiger partial charge in [-0.2, -0.15) is 0 Å². The van der Waals surface area contributed by atoms with Crippen LogP contribution in [-0.2, 0) is 9.53 Å². The maximum absolute atomic E-state index is 11.8. The van der Waals surface area contributed by atoms with Crippen LogP contribution in [-0.4, -0.2) is 17.3 Å². The Balaban J connectivity index is 2.75. The van der Waals surface area contributed by atoms with Crippen molar-refractivity contribution in [2.45, 2.75) is 50.2 Å². The van der Waals surface area contributed by atoms with Gasteiger partial charge in [0.1, 0.15) is 4.75 Å². The van der Waals surface area contributed by atoms with Crippen molar-refractivity contribution in [1.29, 1.82) is 0 Å². The molecule has 0 aromatic heterocycles. The zero-order valence-corrected chi connectivity index (χ0v) is 12.6. The van der Waals surface area contributed by atoms with Gasteiger partial charge in [-0.3, -0.25) is 4.79 Å². The lowest BCUT2D eigenvalue weighted by Crippen LogP contribution is -2.29. The third-order valence-electron chi connectivity index (χ3n) is 2.69. The molecule has 0 unspecified atom stereocenters. The van der Waals surface area contributed by atoms with Gasteiger partial charge >= 0.3 is 5.97 Å². The monoisotopic (exact) mass is 266 g/mol. The number of carbonyl (C=O) groups excluding carboxylic acids is 1. The number of rotatable bonds is 5. The zero-order valence-electron chi connectivity index (χ0n) is 11.8. The molecule has 0 N–H and O–H groups in total. The fraction of sp³-hybridized carbons (Fsp3) is 0.533. The molecule has 0 aliphatic heterocycles. The van der Waals surface area contributed by atoms with E-state index in [0.29, 0.717) is 12.5 Å². The molecule has 1 aromatic rings. The van der Waals surface area contributed by atoms with Crippen LogP contribution in [0, 0.1) is 0 Å². The van der Waals surface area contributed by atoms with Crippen molar-refractivity contribution in [3.63, 3.8) is 0 Å². The molecule has 0 aliphatic carbocycles. The van der Waals surface area contributed by atoms with E-state index in [2.05, 4.69) is 38.1 Å². The highest BCUT2D eigenvalue weighted by Crippen LogP contribution is 2.34. The molecule has 3 heteroatoms. The first-order valence-electron chi connectivity index (χ1n) is 6.33. The number of ether oxygens (including phenoxy) is 1. The minimum atomic E-state index is -0.546. The molecule has 0 saturated heterocycles. The molecule has 1 aromatic carbocycles. The van der Waals surface area contributed by atoms with Gasteiger partial charge in [-0.05, 0) is 44.4 Å². The molecule has 0 amide bonds. The summed E-state index contributed by atoms with van der Waals surface area (Å²) in [5, 5.41) is 0. The molecule has 0 radical (unpaired) electrons. The minimum Gasteiger partial charge on any atom is -0.465 e. The van der Waals surface area contributed by atoms with E-state index in [4.69, 9.17) is 4.74 Å². The SMILES string of the molecule is CCOC(=O)C(C)(C)Sc1ccc(C(C)C)cc1. The first kappa shape index (κ1) is 15.1. The van der Waals surface area contributed by atoms with E-state index < -0.39 is 4.75 Å². The topological polar surface area (TPSA) is 26.3 Å². The third kappa shape index (κ3) is 4.05. The summed E-state index contributed by atoms with van der Waals surface area (Å²) in [5.74, 6) is 0.366. The Morgan fingerprint density at radius 2 is 1.83 bits per heavy atom. The van der Waals surface area contributed by atoms with Gasteiger partial charge in [-0.15, -0.1) is 11.8 Å². The Hall–Kier alpha value is -0.960. The standard InChI is InChI=1S/C15H22O2S/c1-6-17-14(16)15(4,5)18-13-9-7-12(8-10-13)11(2)3/h7-11H,6H2,1-5H3. The second kappa shape index (κ2) is 6.28. The van der Waals surface area contributed by atoms with Crippen LogP contribution in [0.4, 0.5) is 0 Å². The summed E-state index contributed by atoms with van der Waals surface area (Å²) in [5.41, 5.74) is 1.31. The van der Waals surface area contributed by atoms with E-state index >= 15 is 0 Å². The van der Waals surface area contributed by atoms with E-state index in [0.717, 1.165) is 4.90 Å². The van der Waals surface area contributed by atoms with Crippen molar-refractivity contribution in [2.75, 3.05) is 6.61 Å². The summed E-state index contributed by atoms with van der Waals surface area (Å²) in [4.78, 5) is 12.9. The van der Waals surface area contributed by atoms with Gasteiger partial charge in [0.25, 0.3) is 0 Å². The van der Waals surface area contributed by atoms with Gasteiger partial charge in [0.2, 0.25) is 0 Å². The lowest BCUT2D eigenvalue weighted by Gasteiger charge is -2.21. The van der Waals surface area contributed by atoms with Crippen LogP contribution < -0.4 is 0 Å². The first-order chi connectivity index (χ1) is 8.36. The normalized spacial score (nSPS) is 11.7. The fourth-order valence-electron chi connectivity index (χ4n) is 1.56. The molecule has 18 heavy (non-hydrogen) atoms. The Morgan fingerprint density at radius 3 is 2.28 bits per heavy atom. The summed E-state index contributed by atoms with van der Waals surface area (Å²) in [7, 11) is 0. The molecule has 0 aliphatic rings. The van der Waals surface area contributed by atoms with Crippen molar-refractivity contribution in [2.24, 2.45) is 0 Å². The Kier molecular flexibility index (Phi) is 5.27.